The minimum absolute atomic E-state index is 0.000278. The third-order valence-electron chi connectivity index (χ3n) is 3.61. The van der Waals surface area contributed by atoms with Gasteiger partial charge in [0.1, 0.15) is 0 Å². The monoisotopic (exact) mass is 242 g/mol. The normalized spacial score (nSPS) is 25.2. The molecule has 0 spiro atoms. The number of nitrogens with zero attached hydrogens (tertiary/aromatic N) is 1. The number of amides is 1. The predicted molar refractivity (Wildman–Crippen MR) is 68.6 cm³/mol. The van der Waals surface area contributed by atoms with Gasteiger partial charge >= 0.3 is 0 Å². The van der Waals surface area contributed by atoms with Crippen LogP contribution in [0, 0.1) is 0 Å². The maximum absolute atomic E-state index is 12.4. The number of hydrogen-bond acceptors (Lipinski definition) is 3. The molecule has 3 N–H and O–H groups in total. The fourth-order valence-electron chi connectivity index (χ4n) is 2.59. The van der Waals surface area contributed by atoms with Crippen LogP contribution >= 0.6 is 0 Å². The summed E-state index contributed by atoms with van der Waals surface area (Å²) in [5.74, 6) is 0.000278. The molecule has 100 valence electrons. The van der Waals surface area contributed by atoms with E-state index in [0.29, 0.717) is 6.42 Å². The molecule has 1 heterocycles. The fourth-order valence-corrected chi connectivity index (χ4v) is 2.59. The van der Waals surface area contributed by atoms with Gasteiger partial charge < -0.3 is 15.7 Å². The average Bonchev–Trinajstić information content (AvgIpc) is 2.52. The Bertz CT molecular complexity index is 254. The molecule has 2 unspecified atom stereocenters. The number of rotatable bonds is 4. The Labute approximate surface area is 104 Å². The molecule has 1 rings (SSSR count). The van der Waals surface area contributed by atoms with E-state index in [-0.39, 0.29) is 18.6 Å². The van der Waals surface area contributed by atoms with Crippen molar-refractivity contribution in [1.29, 1.82) is 0 Å². The number of carbonyl (C=O) groups is 1. The van der Waals surface area contributed by atoms with Crippen LogP contribution in [0.25, 0.3) is 0 Å². The van der Waals surface area contributed by atoms with E-state index < -0.39 is 5.54 Å². The van der Waals surface area contributed by atoms with Crippen LogP contribution in [0.5, 0.6) is 0 Å². The molecular formula is C13H26N2O2. The van der Waals surface area contributed by atoms with Crippen molar-refractivity contribution >= 4 is 5.91 Å². The summed E-state index contributed by atoms with van der Waals surface area (Å²) in [7, 11) is 0. The Hall–Kier alpha value is -0.610. The summed E-state index contributed by atoms with van der Waals surface area (Å²) in [5.41, 5.74) is 5.31. The second-order valence-corrected chi connectivity index (χ2v) is 5.35. The van der Waals surface area contributed by atoms with E-state index in [1.54, 1.807) is 6.92 Å². The van der Waals surface area contributed by atoms with Crippen molar-refractivity contribution in [3.8, 4) is 0 Å². The number of aliphatic hydroxyl groups is 1. The van der Waals surface area contributed by atoms with Gasteiger partial charge in [0.2, 0.25) is 5.91 Å². The van der Waals surface area contributed by atoms with Crippen LogP contribution in [0.4, 0.5) is 0 Å². The second-order valence-electron chi connectivity index (χ2n) is 5.35. The lowest BCUT2D eigenvalue weighted by Gasteiger charge is -2.35. The van der Waals surface area contributed by atoms with E-state index in [1.807, 2.05) is 11.8 Å². The highest BCUT2D eigenvalue weighted by Gasteiger charge is 2.35. The van der Waals surface area contributed by atoms with Crippen molar-refractivity contribution in [3.05, 3.63) is 0 Å². The van der Waals surface area contributed by atoms with Crippen LogP contribution in [-0.2, 0) is 4.79 Å². The predicted octanol–water partition coefficient (Wildman–Crippen LogP) is 1.27. The maximum atomic E-state index is 12.4. The maximum Gasteiger partial charge on any atom is 0.242 e. The Balaban J connectivity index is 2.76. The zero-order valence-electron chi connectivity index (χ0n) is 11.1. The molecule has 4 nitrogen and oxygen atoms in total. The molecule has 1 aliphatic heterocycles. The Morgan fingerprint density at radius 3 is 2.76 bits per heavy atom. The van der Waals surface area contributed by atoms with Gasteiger partial charge in [0, 0.05) is 6.54 Å². The first-order valence-corrected chi connectivity index (χ1v) is 6.73. The van der Waals surface area contributed by atoms with Crippen molar-refractivity contribution in [3.63, 3.8) is 0 Å². The zero-order valence-corrected chi connectivity index (χ0v) is 11.1. The Morgan fingerprint density at radius 2 is 2.18 bits per heavy atom. The second kappa shape index (κ2) is 6.36. The van der Waals surface area contributed by atoms with E-state index in [9.17, 15) is 9.90 Å². The van der Waals surface area contributed by atoms with Gasteiger partial charge in [-0.25, -0.2) is 0 Å². The highest BCUT2D eigenvalue weighted by atomic mass is 16.3. The van der Waals surface area contributed by atoms with E-state index >= 15 is 0 Å². The van der Waals surface area contributed by atoms with Gasteiger partial charge in [0.05, 0.1) is 18.2 Å². The Kier molecular flexibility index (Phi) is 5.40. The summed E-state index contributed by atoms with van der Waals surface area (Å²) in [4.78, 5) is 14.2. The first kappa shape index (κ1) is 14.5. The minimum atomic E-state index is -0.785. The van der Waals surface area contributed by atoms with Gasteiger partial charge in [0.15, 0.2) is 0 Å². The van der Waals surface area contributed by atoms with E-state index in [4.69, 9.17) is 5.73 Å². The van der Waals surface area contributed by atoms with E-state index in [2.05, 4.69) is 0 Å². The van der Waals surface area contributed by atoms with Crippen LogP contribution in [0.1, 0.15) is 52.4 Å². The van der Waals surface area contributed by atoms with Gasteiger partial charge in [-0.2, -0.15) is 0 Å². The molecule has 4 heteroatoms. The molecule has 0 aromatic heterocycles. The smallest absolute Gasteiger partial charge is 0.242 e. The molecule has 0 aliphatic carbocycles. The summed E-state index contributed by atoms with van der Waals surface area (Å²) in [6.07, 6.45) is 5.73. The Morgan fingerprint density at radius 1 is 1.47 bits per heavy atom. The molecule has 1 fully saturated rings. The van der Waals surface area contributed by atoms with Gasteiger partial charge in [-0.1, -0.05) is 26.2 Å². The summed E-state index contributed by atoms with van der Waals surface area (Å²) >= 11 is 0. The zero-order chi connectivity index (χ0) is 12.9. The van der Waals surface area contributed by atoms with Crippen LogP contribution in [0.3, 0.4) is 0 Å². The topological polar surface area (TPSA) is 66.6 Å². The molecule has 1 amide bonds. The van der Waals surface area contributed by atoms with Gasteiger partial charge in [-0.3, -0.25) is 4.79 Å². The number of nitrogens with two attached hydrogens (primary N) is 1. The van der Waals surface area contributed by atoms with Crippen LogP contribution in [0.15, 0.2) is 0 Å². The van der Waals surface area contributed by atoms with Crippen molar-refractivity contribution in [2.24, 2.45) is 5.73 Å². The summed E-state index contributed by atoms with van der Waals surface area (Å²) in [6.45, 7) is 4.62. The third-order valence-corrected chi connectivity index (χ3v) is 3.61. The lowest BCUT2D eigenvalue weighted by Crippen LogP contribution is -2.56. The highest BCUT2D eigenvalue weighted by molar-refractivity contribution is 5.86. The van der Waals surface area contributed by atoms with E-state index in [0.717, 1.165) is 38.6 Å². The third kappa shape index (κ3) is 3.68. The van der Waals surface area contributed by atoms with Crippen molar-refractivity contribution in [2.75, 3.05) is 13.2 Å². The molecule has 0 aromatic rings. The molecule has 0 bridgehead atoms. The molecular weight excluding hydrogens is 216 g/mol. The fraction of sp³-hybridized carbons (Fsp3) is 0.923. The van der Waals surface area contributed by atoms with Crippen molar-refractivity contribution < 1.29 is 9.90 Å². The number of hydrogen-bond donors (Lipinski definition) is 2. The quantitative estimate of drug-likeness (QED) is 0.780. The average molecular weight is 242 g/mol. The number of likely N-dealkylation sites (tertiary alicyclic amines) is 1. The van der Waals surface area contributed by atoms with E-state index in [1.165, 1.54) is 0 Å². The number of aliphatic hydroxyl groups excluding tert-OH is 1. The molecule has 17 heavy (non-hydrogen) atoms. The standard InChI is InChI=1S/C13H26N2O2/c1-3-8-13(2,14)12(17)15-9-6-4-5-7-11(15)10-16/h11,16H,3-10,14H2,1-2H3. The van der Waals surface area contributed by atoms with Gasteiger partial charge in [-0.05, 0) is 26.2 Å². The molecule has 0 saturated carbocycles. The van der Waals surface area contributed by atoms with Crippen molar-refractivity contribution in [2.45, 2.75) is 64.0 Å². The first-order valence-electron chi connectivity index (χ1n) is 6.73. The molecule has 2 atom stereocenters. The van der Waals surface area contributed by atoms with Gasteiger partial charge in [-0.15, -0.1) is 0 Å². The SMILES string of the molecule is CCCC(C)(N)C(=O)N1CCCCCC1CO. The van der Waals surface area contributed by atoms with Gasteiger partial charge in [0.25, 0.3) is 0 Å². The van der Waals surface area contributed by atoms with Crippen LogP contribution < -0.4 is 5.73 Å². The van der Waals surface area contributed by atoms with Crippen LogP contribution in [-0.4, -0.2) is 40.6 Å². The lowest BCUT2D eigenvalue weighted by molar-refractivity contribution is -0.140. The highest BCUT2D eigenvalue weighted by Crippen LogP contribution is 2.21. The molecule has 1 saturated heterocycles. The minimum Gasteiger partial charge on any atom is -0.394 e. The molecule has 1 aliphatic rings. The number of carbonyl (C=O) groups excluding carboxylic acids is 1. The summed E-state index contributed by atoms with van der Waals surface area (Å²) in [6, 6.07) is -0.0373. The molecule has 0 aromatic carbocycles. The lowest BCUT2D eigenvalue weighted by atomic mass is 9.94. The van der Waals surface area contributed by atoms with Crippen molar-refractivity contribution in [1.82, 2.24) is 4.90 Å². The summed E-state index contributed by atoms with van der Waals surface area (Å²) < 4.78 is 0. The largest absolute Gasteiger partial charge is 0.394 e. The van der Waals surface area contributed by atoms with Crippen LogP contribution in [0.2, 0.25) is 0 Å². The summed E-state index contributed by atoms with van der Waals surface area (Å²) in [5, 5.41) is 9.40. The molecule has 0 radical (unpaired) electrons. The first-order chi connectivity index (χ1) is 8.03.